The topological polar surface area (TPSA) is 9.86 Å². The quantitative estimate of drug-likeness (QED) is 0.123. The van der Waals surface area contributed by atoms with Gasteiger partial charge in [0.25, 0.3) is 0 Å². The summed E-state index contributed by atoms with van der Waals surface area (Å²) >= 11 is 0. The van der Waals surface area contributed by atoms with Crippen molar-refractivity contribution in [2.45, 2.75) is 0 Å². The Kier molecular flexibility index (Phi) is 4.87. The predicted octanol–water partition coefficient (Wildman–Crippen LogP) is 9.26. The van der Waals surface area contributed by atoms with E-state index in [0.29, 0.717) is 32.8 Å². The van der Waals surface area contributed by atoms with Gasteiger partial charge in [0.05, 0.1) is 35.8 Å². The van der Waals surface area contributed by atoms with Crippen molar-refractivity contribution in [3.8, 4) is 11.4 Å². The Morgan fingerprint density at radius 1 is 0.373 bits per heavy atom. The molecule has 0 fully saturated rings. The molecule has 51 heavy (non-hydrogen) atoms. The van der Waals surface area contributed by atoms with E-state index < -0.39 is 44.3 Å². The fraction of sp³-hybridized carbons (Fsp3) is 0. The maximum Gasteiger partial charge on any atom is 0.180 e. The second-order valence-electron chi connectivity index (χ2n) is 12.5. The van der Waals surface area contributed by atoms with E-state index in [4.69, 9.17) is 11.0 Å². The standard InChI is InChI=1S/C48H34N2Si/c1-6-19-35(20-7-1)49-42-30-17-16-29-40(42)47-44(49)34-33-41-46-43(50(48(41)47)36-21-8-2-9-22-36)31-18-32-45(46)51(37-23-10-3-11-24-37,38-25-12-4-13-26-38)39-27-14-5-15-28-39/h1-34H/i1D,2D,6D,7D,8D,9D,19D,20D,21D,22D. The molecule has 0 amide bonds. The van der Waals surface area contributed by atoms with E-state index in [9.17, 15) is 2.74 Å². The lowest BCUT2D eigenvalue weighted by Gasteiger charge is -2.35. The molecule has 240 valence electrons. The molecule has 0 N–H and O–H groups in total. The van der Waals surface area contributed by atoms with Crippen molar-refractivity contribution >= 4 is 72.4 Å². The predicted molar refractivity (Wildman–Crippen MR) is 219 cm³/mol. The lowest BCUT2D eigenvalue weighted by molar-refractivity contribution is 1.17. The summed E-state index contributed by atoms with van der Waals surface area (Å²) in [5.74, 6) is 0. The number of hydrogen-bond acceptors (Lipinski definition) is 0. The van der Waals surface area contributed by atoms with Crippen LogP contribution in [0.3, 0.4) is 0 Å². The first-order chi connectivity index (χ1) is 29.5. The zero-order valence-electron chi connectivity index (χ0n) is 37.3. The summed E-state index contributed by atoms with van der Waals surface area (Å²) in [6.07, 6.45) is 0. The molecule has 0 radical (unpaired) electrons. The minimum absolute atomic E-state index is 0.0219. The lowest BCUT2D eigenvalue weighted by Crippen LogP contribution is -2.74. The third-order valence-electron chi connectivity index (χ3n) is 10.0. The smallest absolute Gasteiger partial charge is 0.180 e. The van der Waals surface area contributed by atoms with Gasteiger partial charge in [-0.3, -0.25) is 0 Å². The van der Waals surface area contributed by atoms with Gasteiger partial charge in [0.2, 0.25) is 0 Å². The average Bonchev–Trinajstić information content (AvgIpc) is 3.81. The second-order valence-corrected chi connectivity index (χ2v) is 16.3. The van der Waals surface area contributed by atoms with Crippen LogP contribution >= 0.6 is 0 Å². The Balaban J connectivity index is 1.50. The van der Waals surface area contributed by atoms with Crippen LogP contribution in [-0.2, 0) is 0 Å². The van der Waals surface area contributed by atoms with Crippen LogP contribution in [-0.4, -0.2) is 17.2 Å². The minimum Gasteiger partial charge on any atom is -0.309 e. The molecule has 0 aliphatic heterocycles. The highest BCUT2D eigenvalue weighted by Crippen LogP contribution is 2.42. The van der Waals surface area contributed by atoms with Crippen molar-refractivity contribution in [1.82, 2.24) is 9.13 Å². The molecule has 2 nitrogen and oxygen atoms in total. The fourth-order valence-corrected chi connectivity index (χ4v) is 13.1. The van der Waals surface area contributed by atoms with E-state index in [1.807, 2.05) is 66.7 Å². The first-order valence-electron chi connectivity index (χ1n) is 21.8. The van der Waals surface area contributed by atoms with E-state index in [2.05, 4.69) is 78.9 Å². The summed E-state index contributed by atoms with van der Waals surface area (Å²) in [5.41, 5.74) is 2.22. The van der Waals surface area contributed by atoms with Gasteiger partial charge in [-0.05, 0) is 63.1 Å². The number of nitrogens with zero attached hydrogens (tertiary/aromatic N) is 2. The monoisotopic (exact) mass is 676 g/mol. The van der Waals surface area contributed by atoms with Crippen LogP contribution in [0.25, 0.3) is 55.0 Å². The molecule has 0 atom stereocenters. The molecule has 3 heteroatoms. The largest absolute Gasteiger partial charge is 0.309 e. The first-order valence-corrected chi connectivity index (χ1v) is 18.8. The Bertz CT molecular complexity index is 3270. The molecule has 2 aromatic heterocycles. The van der Waals surface area contributed by atoms with Crippen LogP contribution in [0.15, 0.2) is 206 Å². The van der Waals surface area contributed by atoms with E-state index >= 15 is 0 Å². The van der Waals surface area contributed by atoms with Gasteiger partial charge in [-0.2, -0.15) is 0 Å². The summed E-state index contributed by atoms with van der Waals surface area (Å²) in [7, 11) is -3.25. The van der Waals surface area contributed by atoms with Gasteiger partial charge in [0.1, 0.15) is 0 Å². The van der Waals surface area contributed by atoms with Crippen molar-refractivity contribution in [2.75, 3.05) is 0 Å². The van der Waals surface area contributed by atoms with E-state index in [0.717, 1.165) is 31.5 Å². The SMILES string of the molecule is [2H]c1c([2H])c([2H])c(-n2c3ccccc3c3c2ccc2c4c([Si](c5ccccc5)(c5ccccc5)c5ccccc5)cccc4n(-c4c([2H])c([2H])c([2H])c([2H])c4[2H])c23)c([2H])c1[2H]. The summed E-state index contributed by atoms with van der Waals surface area (Å²) in [6, 6.07) is 44.3. The molecule has 0 aliphatic carbocycles. The summed E-state index contributed by atoms with van der Waals surface area (Å²) < 4.78 is 92.1. The van der Waals surface area contributed by atoms with Gasteiger partial charge in [-0.1, -0.05) is 164 Å². The van der Waals surface area contributed by atoms with E-state index in [1.54, 1.807) is 9.13 Å². The Morgan fingerprint density at radius 3 is 1.45 bits per heavy atom. The van der Waals surface area contributed by atoms with Crippen LogP contribution in [0, 0.1) is 0 Å². The highest BCUT2D eigenvalue weighted by Gasteiger charge is 2.43. The molecule has 0 unspecified atom stereocenters. The molecule has 10 rings (SSSR count). The number of rotatable bonds is 6. The van der Waals surface area contributed by atoms with Gasteiger partial charge in [0, 0.05) is 32.9 Å². The number of hydrogen-bond donors (Lipinski definition) is 0. The highest BCUT2D eigenvalue weighted by atomic mass is 28.3. The van der Waals surface area contributed by atoms with Crippen molar-refractivity contribution in [1.29, 1.82) is 0 Å². The third kappa shape index (κ3) is 4.35. The third-order valence-corrected chi connectivity index (χ3v) is 14.9. The Hall–Kier alpha value is -6.42. The van der Waals surface area contributed by atoms with Gasteiger partial charge < -0.3 is 9.13 Å². The Morgan fingerprint density at radius 2 is 0.863 bits per heavy atom. The summed E-state index contributed by atoms with van der Waals surface area (Å²) in [5, 5.41) is 7.32. The molecule has 0 saturated carbocycles. The first kappa shape index (κ1) is 20.9. The number of fused-ring (bicyclic) bond motifs is 7. The molecule has 0 bridgehead atoms. The van der Waals surface area contributed by atoms with Crippen molar-refractivity contribution < 1.29 is 13.7 Å². The van der Waals surface area contributed by atoms with Crippen LogP contribution in [0.1, 0.15) is 13.7 Å². The maximum atomic E-state index is 9.38. The number of aromatic nitrogens is 2. The Labute approximate surface area is 312 Å². The molecule has 0 aliphatic rings. The zero-order valence-corrected chi connectivity index (χ0v) is 28.3. The van der Waals surface area contributed by atoms with Gasteiger partial charge >= 0.3 is 0 Å². The van der Waals surface area contributed by atoms with E-state index in [-0.39, 0.29) is 35.5 Å². The minimum atomic E-state index is -3.25. The van der Waals surface area contributed by atoms with Crippen LogP contribution in [0.2, 0.25) is 0 Å². The number of para-hydroxylation sites is 3. The van der Waals surface area contributed by atoms with Crippen molar-refractivity contribution in [3.63, 3.8) is 0 Å². The molecular formula is C48H34N2Si. The van der Waals surface area contributed by atoms with Gasteiger partial charge in [0.15, 0.2) is 8.07 Å². The maximum absolute atomic E-state index is 9.38. The summed E-state index contributed by atoms with van der Waals surface area (Å²) in [4.78, 5) is 0. The van der Waals surface area contributed by atoms with Gasteiger partial charge in [-0.25, -0.2) is 0 Å². The van der Waals surface area contributed by atoms with Gasteiger partial charge in [-0.15, -0.1) is 0 Å². The van der Waals surface area contributed by atoms with Crippen LogP contribution in [0.5, 0.6) is 0 Å². The molecule has 8 aromatic carbocycles. The van der Waals surface area contributed by atoms with Crippen molar-refractivity contribution in [3.05, 3.63) is 206 Å². The highest BCUT2D eigenvalue weighted by molar-refractivity contribution is 7.20. The van der Waals surface area contributed by atoms with Crippen LogP contribution < -0.4 is 20.7 Å². The van der Waals surface area contributed by atoms with Crippen LogP contribution in [0.4, 0.5) is 0 Å². The number of benzene rings is 8. The normalized spacial score (nSPS) is 14.7. The average molecular weight is 677 g/mol. The fourth-order valence-electron chi connectivity index (χ4n) is 8.13. The van der Waals surface area contributed by atoms with E-state index in [1.165, 1.54) is 0 Å². The molecule has 0 spiro atoms. The molecule has 10 aromatic rings. The molecule has 0 saturated heterocycles. The molecular weight excluding hydrogens is 633 g/mol. The zero-order chi connectivity index (χ0) is 42.5. The summed E-state index contributed by atoms with van der Waals surface area (Å²) in [6.45, 7) is 0. The molecule has 2 heterocycles. The van der Waals surface area contributed by atoms with Crippen molar-refractivity contribution in [2.24, 2.45) is 0 Å². The lowest BCUT2D eigenvalue weighted by atomic mass is 10.1. The second kappa shape index (κ2) is 11.9.